The fourth-order valence-corrected chi connectivity index (χ4v) is 2.13. The highest BCUT2D eigenvalue weighted by Gasteiger charge is 2.22. The molecule has 1 nitrogen and oxygen atoms in total. The fraction of sp³-hybridized carbons (Fsp3) is 0.462. The van der Waals surface area contributed by atoms with Crippen LogP contribution in [-0.4, -0.2) is 5.78 Å². The summed E-state index contributed by atoms with van der Waals surface area (Å²) in [5.74, 6) is 1.13. The van der Waals surface area contributed by atoms with Crippen molar-refractivity contribution in [2.45, 2.75) is 32.6 Å². The Morgan fingerprint density at radius 1 is 1.47 bits per heavy atom. The highest BCUT2D eigenvalue weighted by molar-refractivity contribution is 9.10. The van der Waals surface area contributed by atoms with Crippen molar-refractivity contribution >= 4 is 21.7 Å². The molecule has 0 bridgehead atoms. The second-order valence-corrected chi connectivity index (χ2v) is 5.28. The van der Waals surface area contributed by atoms with Gasteiger partial charge in [-0.05, 0) is 37.0 Å². The molecule has 1 aliphatic carbocycles. The van der Waals surface area contributed by atoms with Gasteiger partial charge >= 0.3 is 0 Å². The van der Waals surface area contributed by atoms with E-state index in [2.05, 4.69) is 15.9 Å². The average Bonchev–Trinajstić information content (AvgIpc) is 3.02. The summed E-state index contributed by atoms with van der Waals surface area (Å²) in [6.07, 6.45) is 4.43. The van der Waals surface area contributed by atoms with Crippen molar-refractivity contribution in [3.05, 3.63) is 33.8 Å². The topological polar surface area (TPSA) is 17.1 Å². The van der Waals surface area contributed by atoms with Gasteiger partial charge in [-0.3, -0.25) is 4.79 Å². The number of halogens is 1. The number of rotatable bonds is 4. The summed E-state index contributed by atoms with van der Waals surface area (Å²) in [5, 5.41) is 0. The standard InChI is InChI=1S/C13H15BrO/c1-9-2-6-11(14)8-12(9)13(15)7-5-10-3-4-10/h2,6,8,10H,3-5,7H2,1H3. The number of aryl methyl sites for hydroxylation is 1. The van der Waals surface area contributed by atoms with Gasteiger partial charge in [-0.15, -0.1) is 0 Å². The number of ketones is 1. The predicted molar refractivity (Wildman–Crippen MR) is 65.2 cm³/mol. The maximum atomic E-state index is 11.9. The molecule has 1 fully saturated rings. The number of carbonyl (C=O) groups is 1. The molecule has 0 radical (unpaired) electrons. The molecule has 1 aromatic rings. The van der Waals surface area contributed by atoms with Crippen LogP contribution in [0.15, 0.2) is 22.7 Å². The summed E-state index contributed by atoms with van der Waals surface area (Å²) < 4.78 is 0.989. The monoisotopic (exact) mass is 266 g/mol. The third-order valence-corrected chi connectivity index (χ3v) is 3.47. The van der Waals surface area contributed by atoms with E-state index in [0.29, 0.717) is 12.2 Å². The minimum atomic E-state index is 0.292. The number of benzene rings is 1. The van der Waals surface area contributed by atoms with Crippen molar-refractivity contribution in [1.29, 1.82) is 0 Å². The van der Waals surface area contributed by atoms with Crippen molar-refractivity contribution in [3.8, 4) is 0 Å². The summed E-state index contributed by atoms with van der Waals surface area (Å²) in [7, 11) is 0. The molecule has 2 heteroatoms. The van der Waals surface area contributed by atoms with Gasteiger partial charge in [-0.1, -0.05) is 34.8 Å². The second kappa shape index (κ2) is 4.48. The van der Waals surface area contributed by atoms with Crippen LogP contribution in [0.2, 0.25) is 0 Å². The van der Waals surface area contributed by atoms with E-state index < -0.39 is 0 Å². The van der Waals surface area contributed by atoms with Gasteiger partial charge < -0.3 is 0 Å². The molecule has 0 atom stereocenters. The molecule has 0 saturated heterocycles. The van der Waals surface area contributed by atoms with E-state index in [1.165, 1.54) is 12.8 Å². The van der Waals surface area contributed by atoms with Crippen LogP contribution < -0.4 is 0 Å². The largest absolute Gasteiger partial charge is 0.294 e. The van der Waals surface area contributed by atoms with E-state index in [1.807, 2.05) is 25.1 Å². The van der Waals surface area contributed by atoms with Gasteiger partial charge in [-0.25, -0.2) is 0 Å². The molecule has 0 heterocycles. The second-order valence-electron chi connectivity index (χ2n) is 4.36. The molecule has 0 unspecified atom stereocenters. The van der Waals surface area contributed by atoms with Gasteiger partial charge in [0, 0.05) is 16.5 Å². The van der Waals surface area contributed by atoms with E-state index in [9.17, 15) is 4.79 Å². The van der Waals surface area contributed by atoms with Crippen molar-refractivity contribution in [2.75, 3.05) is 0 Å². The lowest BCUT2D eigenvalue weighted by Gasteiger charge is -2.05. The molecule has 1 saturated carbocycles. The fourth-order valence-electron chi connectivity index (χ4n) is 1.77. The SMILES string of the molecule is Cc1ccc(Br)cc1C(=O)CCC1CC1. The molecule has 0 N–H and O–H groups in total. The minimum Gasteiger partial charge on any atom is -0.294 e. The molecular formula is C13H15BrO. The third-order valence-electron chi connectivity index (χ3n) is 2.98. The third kappa shape index (κ3) is 2.91. The van der Waals surface area contributed by atoms with Crippen molar-refractivity contribution < 1.29 is 4.79 Å². The summed E-state index contributed by atoms with van der Waals surface area (Å²) in [6, 6.07) is 5.91. The van der Waals surface area contributed by atoms with Gasteiger partial charge in [0.05, 0.1) is 0 Å². The first-order valence-electron chi connectivity index (χ1n) is 5.46. The van der Waals surface area contributed by atoms with Crippen molar-refractivity contribution in [2.24, 2.45) is 5.92 Å². The van der Waals surface area contributed by atoms with Gasteiger partial charge in [0.1, 0.15) is 0 Å². The Morgan fingerprint density at radius 2 is 2.20 bits per heavy atom. The Labute approximate surface area is 99.0 Å². The molecule has 0 aromatic heterocycles. The molecule has 0 aliphatic heterocycles. The van der Waals surface area contributed by atoms with Gasteiger partial charge in [0.15, 0.2) is 5.78 Å². The average molecular weight is 267 g/mol. The van der Waals surface area contributed by atoms with Gasteiger partial charge in [0.25, 0.3) is 0 Å². The van der Waals surface area contributed by atoms with Crippen LogP contribution in [0.5, 0.6) is 0 Å². The van der Waals surface area contributed by atoms with E-state index in [-0.39, 0.29) is 0 Å². The van der Waals surface area contributed by atoms with Gasteiger partial charge in [-0.2, -0.15) is 0 Å². The number of Topliss-reactive ketones (excluding diaryl/α,β-unsaturated/α-hetero) is 1. The highest BCUT2D eigenvalue weighted by Crippen LogP contribution is 2.34. The molecule has 15 heavy (non-hydrogen) atoms. The van der Waals surface area contributed by atoms with E-state index in [1.54, 1.807) is 0 Å². The number of hydrogen-bond donors (Lipinski definition) is 0. The smallest absolute Gasteiger partial charge is 0.163 e. The first kappa shape index (κ1) is 10.9. The van der Waals surface area contributed by atoms with E-state index in [0.717, 1.165) is 27.9 Å². The Hall–Kier alpha value is -0.630. The van der Waals surface area contributed by atoms with Crippen LogP contribution in [0, 0.1) is 12.8 Å². The summed E-state index contributed by atoms with van der Waals surface area (Å²) in [4.78, 5) is 11.9. The summed E-state index contributed by atoms with van der Waals surface area (Å²) in [5.41, 5.74) is 1.96. The van der Waals surface area contributed by atoms with Crippen LogP contribution >= 0.6 is 15.9 Å². The number of hydrogen-bond acceptors (Lipinski definition) is 1. The lowest BCUT2D eigenvalue weighted by atomic mass is 10.0. The zero-order valence-electron chi connectivity index (χ0n) is 8.92. The highest BCUT2D eigenvalue weighted by atomic mass is 79.9. The molecule has 1 aromatic carbocycles. The predicted octanol–water partition coefficient (Wildman–Crippen LogP) is 4.13. The van der Waals surface area contributed by atoms with Gasteiger partial charge in [0.2, 0.25) is 0 Å². The molecule has 1 aliphatic rings. The van der Waals surface area contributed by atoms with Crippen LogP contribution in [-0.2, 0) is 0 Å². The zero-order valence-corrected chi connectivity index (χ0v) is 10.5. The molecule has 80 valence electrons. The lowest BCUT2D eigenvalue weighted by molar-refractivity contribution is 0.0977. The zero-order chi connectivity index (χ0) is 10.8. The Kier molecular flexibility index (Phi) is 3.25. The van der Waals surface area contributed by atoms with E-state index in [4.69, 9.17) is 0 Å². The first-order valence-corrected chi connectivity index (χ1v) is 6.25. The molecule has 0 spiro atoms. The number of carbonyl (C=O) groups excluding carboxylic acids is 1. The van der Waals surface area contributed by atoms with Crippen LogP contribution in [0.3, 0.4) is 0 Å². The minimum absolute atomic E-state index is 0.292. The lowest BCUT2D eigenvalue weighted by Crippen LogP contribution is -2.02. The van der Waals surface area contributed by atoms with Crippen LogP contribution in [0.25, 0.3) is 0 Å². The van der Waals surface area contributed by atoms with Crippen LogP contribution in [0.1, 0.15) is 41.6 Å². The normalized spacial score (nSPS) is 15.3. The van der Waals surface area contributed by atoms with Crippen molar-refractivity contribution in [3.63, 3.8) is 0 Å². The molecule has 2 rings (SSSR count). The maximum absolute atomic E-state index is 11.9. The van der Waals surface area contributed by atoms with Crippen LogP contribution in [0.4, 0.5) is 0 Å². The van der Waals surface area contributed by atoms with Crippen molar-refractivity contribution in [1.82, 2.24) is 0 Å². The maximum Gasteiger partial charge on any atom is 0.163 e. The molecule has 0 amide bonds. The summed E-state index contributed by atoms with van der Waals surface area (Å²) in [6.45, 7) is 2.00. The summed E-state index contributed by atoms with van der Waals surface area (Å²) >= 11 is 3.40. The first-order chi connectivity index (χ1) is 7.16. The Bertz CT molecular complexity index is 380. The van der Waals surface area contributed by atoms with E-state index >= 15 is 0 Å². The Balaban J connectivity index is 2.05. The Morgan fingerprint density at radius 3 is 2.87 bits per heavy atom. The molecular weight excluding hydrogens is 252 g/mol. The quantitative estimate of drug-likeness (QED) is 0.749.